The largest absolute Gasteiger partial charge is 0.381 e. The predicted molar refractivity (Wildman–Crippen MR) is 104 cm³/mol. The normalized spacial score (nSPS) is 21.4. The van der Waals surface area contributed by atoms with Crippen molar-refractivity contribution in [2.45, 2.75) is 31.2 Å². The van der Waals surface area contributed by atoms with Crippen LogP contribution >= 0.6 is 0 Å². The maximum absolute atomic E-state index is 12.6. The molecule has 6 nitrogen and oxygen atoms in total. The van der Waals surface area contributed by atoms with Gasteiger partial charge in [-0.15, -0.1) is 0 Å². The number of hydrogen-bond donors (Lipinski definition) is 3. The molecule has 2 unspecified atom stereocenters. The summed E-state index contributed by atoms with van der Waals surface area (Å²) in [6.07, 6.45) is 2.47. The van der Waals surface area contributed by atoms with Gasteiger partial charge in [-0.05, 0) is 54.8 Å². The van der Waals surface area contributed by atoms with Gasteiger partial charge in [0.1, 0.15) is 0 Å². The van der Waals surface area contributed by atoms with Crippen LogP contribution < -0.4 is 15.5 Å². The van der Waals surface area contributed by atoms with Gasteiger partial charge in [-0.2, -0.15) is 0 Å². The lowest BCUT2D eigenvalue weighted by atomic mass is 10.1. The Bertz CT molecular complexity index is 850. The number of nitrogens with one attached hydrogen (secondary N) is 2. The Kier molecular flexibility index (Phi) is 4.92. The molecule has 140 valence electrons. The number of anilines is 2. The molecule has 0 spiro atoms. The van der Waals surface area contributed by atoms with Gasteiger partial charge < -0.3 is 15.3 Å². The van der Waals surface area contributed by atoms with E-state index in [0.717, 1.165) is 30.6 Å². The highest BCUT2D eigenvalue weighted by Gasteiger charge is 2.37. The van der Waals surface area contributed by atoms with Crippen molar-refractivity contribution in [1.29, 1.82) is 0 Å². The van der Waals surface area contributed by atoms with E-state index in [2.05, 4.69) is 10.6 Å². The minimum absolute atomic E-state index is 0.0274. The average molecular weight is 365 g/mol. The van der Waals surface area contributed by atoms with Crippen molar-refractivity contribution in [1.82, 2.24) is 5.32 Å². The Hall–Kier alpha value is -2.70. The van der Waals surface area contributed by atoms with Crippen molar-refractivity contribution < 1.29 is 14.7 Å². The van der Waals surface area contributed by atoms with Gasteiger partial charge in [0.05, 0.1) is 6.73 Å². The number of amides is 2. The minimum Gasteiger partial charge on any atom is -0.381 e. The van der Waals surface area contributed by atoms with Crippen molar-refractivity contribution >= 4 is 23.2 Å². The van der Waals surface area contributed by atoms with Crippen LogP contribution in [0.15, 0.2) is 48.5 Å². The van der Waals surface area contributed by atoms with E-state index in [9.17, 15) is 9.59 Å². The van der Waals surface area contributed by atoms with Gasteiger partial charge in [0.2, 0.25) is 5.91 Å². The van der Waals surface area contributed by atoms with Crippen molar-refractivity contribution in [3.05, 3.63) is 59.7 Å². The number of aliphatic hydroxyl groups is 1. The Balaban J connectivity index is 1.41. The van der Waals surface area contributed by atoms with E-state index in [1.54, 1.807) is 11.0 Å². The molecule has 1 heterocycles. The van der Waals surface area contributed by atoms with Crippen LogP contribution in [-0.4, -0.2) is 36.2 Å². The molecule has 2 fully saturated rings. The van der Waals surface area contributed by atoms with Crippen molar-refractivity contribution in [3.8, 4) is 0 Å². The number of nitrogens with zero attached hydrogens (tertiary/aromatic N) is 1. The summed E-state index contributed by atoms with van der Waals surface area (Å²) in [5.74, 6) is 0.342. The molecule has 0 radical (unpaired) electrons. The van der Waals surface area contributed by atoms with Crippen LogP contribution in [-0.2, 0) is 4.79 Å². The van der Waals surface area contributed by atoms with Gasteiger partial charge in [-0.1, -0.05) is 12.1 Å². The first-order chi connectivity index (χ1) is 13.2. The third kappa shape index (κ3) is 3.86. The lowest BCUT2D eigenvalue weighted by molar-refractivity contribution is -0.117. The predicted octanol–water partition coefficient (Wildman–Crippen LogP) is 2.46. The first kappa shape index (κ1) is 17.7. The molecule has 27 heavy (non-hydrogen) atoms. The summed E-state index contributed by atoms with van der Waals surface area (Å²) in [4.78, 5) is 26.2. The second kappa shape index (κ2) is 7.50. The molecule has 3 N–H and O–H groups in total. The fraction of sp³-hybridized carbons (Fsp3) is 0.333. The smallest absolute Gasteiger partial charge is 0.255 e. The van der Waals surface area contributed by atoms with Crippen molar-refractivity contribution in [3.63, 3.8) is 0 Å². The van der Waals surface area contributed by atoms with Crippen LogP contribution in [0.3, 0.4) is 0 Å². The van der Waals surface area contributed by atoms with E-state index >= 15 is 0 Å². The first-order valence-corrected chi connectivity index (χ1v) is 9.31. The van der Waals surface area contributed by atoms with Crippen LogP contribution in [0.4, 0.5) is 11.4 Å². The SMILES string of the molecule is O=C(Nc1ccc(N2CCCC2=O)cc1)c1cccc(C2CC2NCO)c1. The molecule has 0 bridgehead atoms. The number of carbonyl (C=O) groups is 2. The van der Waals surface area contributed by atoms with Crippen LogP contribution in [0.25, 0.3) is 0 Å². The minimum atomic E-state index is -0.158. The molecular formula is C21H23N3O3. The summed E-state index contributed by atoms with van der Waals surface area (Å²) in [6, 6.07) is 15.3. The highest BCUT2D eigenvalue weighted by molar-refractivity contribution is 6.04. The molecule has 2 aliphatic rings. The molecule has 1 saturated carbocycles. The average Bonchev–Trinajstić information content (AvgIpc) is 3.33. The van der Waals surface area contributed by atoms with Gasteiger partial charge in [-0.25, -0.2) is 0 Å². The Morgan fingerprint density at radius 3 is 2.70 bits per heavy atom. The topological polar surface area (TPSA) is 81.7 Å². The Morgan fingerprint density at radius 2 is 2.00 bits per heavy atom. The molecule has 1 saturated heterocycles. The lowest BCUT2D eigenvalue weighted by Crippen LogP contribution is -2.23. The molecule has 1 aliphatic heterocycles. The molecule has 0 aromatic heterocycles. The molecule has 1 aliphatic carbocycles. The molecule has 2 atom stereocenters. The molecule has 4 rings (SSSR count). The molecular weight excluding hydrogens is 342 g/mol. The van der Waals surface area contributed by atoms with Crippen molar-refractivity contribution in [2.24, 2.45) is 0 Å². The number of aliphatic hydroxyl groups excluding tert-OH is 1. The number of hydrogen-bond acceptors (Lipinski definition) is 4. The lowest BCUT2D eigenvalue weighted by Gasteiger charge is -2.16. The summed E-state index contributed by atoms with van der Waals surface area (Å²) in [6.45, 7) is 0.727. The second-order valence-electron chi connectivity index (χ2n) is 7.09. The molecule has 6 heteroatoms. The maximum Gasteiger partial charge on any atom is 0.255 e. The van der Waals surface area contributed by atoms with E-state index < -0.39 is 0 Å². The highest BCUT2D eigenvalue weighted by Crippen LogP contribution is 2.40. The molecule has 2 aromatic rings. The van der Waals surface area contributed by atoms with Crippen LogP contribution in [0.1, 0.15) is 41.1 Å². The third-order valence-electron chi connectivity index (χ3n) is 5.23. The van der Waals surface area contributed by atoms with Gasteiger partial charge in [0.15, 0.2) is 0 Å². The fourth-order valence-electron chi connectivity index (χ4n) is 3.67. The zero-order valence-electron chi connectivity index (χ0n) is 15.0. The van der Waals surface area contributed by atoms with Gasteiger partial charge in [0.25, 0.3) is 5.91 Å². The van der Waals surface area contributed by atoms with Crippen LogP contribution in [0.5, 0.6) is 0 Å². The summed E-state index contributed by atoms with van der Waals surface area (Å²) in [5, 5.41) is 14.9. The zero-order chi connectivity index (χ0) is 18.8. The summed E-state index contributed by atoms with van der Waals surface area (Å²) in [5.41, 5.74) is 3.29. The quantitative estimate of drug-likeness (QED) is 0.687. The van der Waals surface area contributed by atoms with Gasteiger partial charge in [-0.3, -0.25) is 14.9 Å². The zero-order valence-corrected chi connectivity index (χ0v) is 15.0. The number of rotatable bonds is 6. The Labute approximate surface area is 158 Å². The van der Waals surface area contributed by atoms with Crippen molar-refractivity contribution in [2.75, 3.05) is 23.5 Å². The Morgan fingerprint density at radius 1 is 1.19 bits per heavy atom. The van der Waals surface area contributed by atoms with E-state index in [0.29, 0.717) is 23.6 Å². The van der Waals surface area contributed by atoms with Gasteiger partial charge in [0, 0.05) is 41.9 Å². The molecule has 2 aromatic carbocycles. The standard InChI is InChI=1S/C21H23N3O3/c25-13-22-19-12-18(19)14-3-1-4-15(11-14)21(27)23-16-6-8-17(9-7-16)24-10-2-5-20(24)26/h1,3-4,6-9,11,18-19,22,25H,2,5,10,12-13H2,(H,23,27). The third-order valence-corrected chi connectivity index (χ3v) is 5.23. The fourth-order valence-corrected chi connectivity index (χ4v) is 3.67. The summed E-state index contributed by atoms with van der Waals surface area (Å²) in [7, 11) is 0. The van der Waals surface area contributed by atoms with E-state index in [1.165, 1.54) is 0 Å². The monoisotopic (exact) mass is 365 g/mol. The molecule has 2 amide bonds. The van der Waals surface area contributed by atoms with Crippen LogP contribution in [0.2, 0.25) is 0 Å². The van der Waals surface area contributed by atoms with Crippen LogP contribution in [0, 0.1) is 0 Å². The summed E-state index contributed by atoms with van der Waals surface area (Å²) >= 11 is 0. The number of carbonyl (C=O) groups excluding carboxylic acids is 2. The van der Waals surface area contributed by atoms with E-state index in [1.807, 2.05) is 42.5 Å². The van der Waals surface area contributed by atoms with E-state index in [-0.39, 0.29) is 24.6 Å². The summed E-state index contributed by atoms with van der Waals surface area (Å²) < 4.78 is 0. The number of benzene rings is 2. The maximum atomic E-state index is 12.6. The second-order valence-corrected chi connectivity index (χ2v) is 7.09. The van der Waals surface area contributed by atoms with E-state index in [4.69, 9.17) is 5.11 Å². The highest BCUT2D eigenvalue weighted by atomic mass is 16.3. The van der Waals surface area contributed by atoms with Gasteiger partial charge >= 0.3 is 0 Å². The first-order valence-electron chi connectivity index (χ1n) is 9.31.